The van der Waals surface area contributed by atoms with Crippen molar-refractivity contribution in [2.24, 2.45) is 5.73 Å². The molecule has 0 saturated heterocycles. The molecule has 32 heavy (non-hydrogen) atoms. The fourth-order valence-electron chi connectivity index (χ4n) is 2.27. The molecule has 11 nitrogen and oxygen atoms in total. The maximum absolute atomic E-state index is 11.9. The zero-order valence-electron chi connectivity index (χ0n) is 20.0. The molecule has 0 spiro atoms. The number of hydrogen-bond acceptors (Lipinski definition) is 7. The minimum Gasteiger partial charge on any atom is -0.480 e. The van der Waals surface area contributed by atoms with E-state index < -0.39 is 53.7 Å². The topological polar surface area (TPSA) is 187 Å². The van der Waals surface area contributed by atoms with Crippen LogP contribution < -0.4 is 11.1 Å². The van der Waals surface area contributed by atoms with E-state index in [-0.39, 0.29) is 36.9 Å². The summed E-state index contributed by atoms with van der Waals surface area (Å²) in [6.45, 7) is 2.39. The molecule has 1 aromatic carbocycles. The van der Waals surface area contributed by atoms with E-state index in [1.165, 1.54) is 6.26 Å². The summed E-state index contributed by atoms with van der Waals surface area (Å²) in [7, 11) is -0.946. The van der Waals surface area contributed by atoms with E-state index in [4.69, 9.17) is 21.1 Å². The molecular weight excluding hydrogens is 625 g/mol. The van der Waals surface area contributed by atoms with Crippen molar-refractivity contribution in [2.45, 2.75) is 26.3 Å². The standard InChI is InChI=1S/C14H18N2O5.C5H11NO3S.Pt/c1-9-3-4-11(10(2)5-9)15-6-12(17)16(7-13(18)19)8-14(20)21;1-10(9)3-2-4(6)5(7)8;/h3-5,15H,6-8H2,1-2H3,(H,18,19)(H,20,21);4H,2-3,6H2,1H3,(H,7,8);/p+2/t;4-,10?;/m.0./s1. The second kappa shape index (κ2) is 16.3. The molecule has 13 heteroatoms. The van der Waals surface area contributed by atoms with Crippen LogP contribution in [-0.4, -0.2) is 85.9 Å². The van der Waals surface area contributed by atoms with Crippen molar-refractivity contribution >= 4 is 40.3 Å². The van der Waals surface area contributed by atoms with Crippen LogP contribution >= 0.6 is 0 Å². The van der Waals surface area contributed by atoms with Crippen molar-refractivity contribution in [3.05, 3.63) is 29.3 Å². The van der Waals surface area contributed by atoms with Gasteiger partial charge in [0.25, 0.3) is 0 Å². The predicted octanol–water partition coefficient (Wildman–Crippen LogP) is 0.103. The molecule has 6 N–H and O–H groups in total. The number of carbonyl (C=O) groups is 4. The van der Waals surface area contributed by atoms with E-state index in [9.17, 15) is 23.4 Å². The van der Waals surface area contributed by atoms with E-state index in [2.05, 4.69) is 5.32 Å². The molecule has 0 radical (unpaired) electrons. The van der Waals surface area contributed by atoms with Crippen molar-refractivity contribution in [3.63, 3.8) is 0 Å². The summed E-state index contributed by atoms with van der Waals surface area (Å²) in [5, 5.41) is 28.6. The van der Waals surface area contributed by atoms with Crippen molar-refractivity contribution in [3.8, 4) is 0 Å². The van der Waals surface area contributed by atoms with Gasteiger partial charge in [-0.05, 0) is 31.9 Å². The van der Waals surface area contributed by atoms with Crippen LogP contribution in [0.15, 0.2) is 18.2 Å². The number of benzene rings is 1. The normalized spacial score (nSPS) is 11.6. The number of aryl methyl sites for hydroxylation is 2. The van der Waals surface area contributed by atoms with Gasteiger partial charge in [-0.15, -0.1) is 0 Å². The van der Waals surface area contributed by atoms with Gasteiger partial charge in [-0.3, -0.25) is 23.4 Å². The van der Waals surface area contributed by atoms with Gasteiger partial charge < -0.3 is 31.3 Å². The summed E-state index contributed by atoms with van der Waals surface area (Å²) < 4.78 is 10.4. The Morgan fingerprint density at radius 2 is 1.66 bits per heavy atom. The molecule has 184 valence electrons. The van der Waals surface area contributed by atoms with Gasteiger partial charge in [0.05, 0.1) is 6.54 Å². The number of nitrogens with one attached hydrogen (secondary N) is 1. The number of rotatable bonds is 11. The number of hydrogen-bond donors (Lipinski definition) is 5. The van der Waals surface area contributed by atoms with Crippen LogP contribution in [-0.2, 0) is 51.0 Å². The van der Waals surface area contributed by atoms with Crippen LogP contribution in [0.3, 0.4) is 0 Å². The first-order chi connectivity index (χ1) is 14.3. The fraction of sp³-hybridized carbons (Fsp3) is 0.474. The fourth-order valence-corrected chi connectivity index (χ4v) is 2.86. The van der Waals surface area contributed by atoms with E-state index in [0.29, 0.717) is 5.75 Å². The summed E-state index contributed by atoms with van der Waals surface area (Å²) in [4.78, 5) is 44.1. The van der Waals surface area contributed by atoms with Crippen molar-refractivity contribution in [2.75, 3.05) is 37.0 Å². The average molecular weight is 657 g/mol. The monoisotopic (exact) mass is 656 g/mol. The summed E-state index contributed by atoms with van der Waals surface area (Å²) in [6.07, 6.45) is 1.80. The number of aliphatic carboxylic acids is 3. The third-order valence-electron chi connectivity index (χ3n) is 3.85. The Hall–Kier alpha value is -2.30. The van der Waals surface area contributed by atoms with Crippen LogP contribution in [0.25, 0.3) is 0 Å². The summed E-state index contributed by atoms with van der Waals surface area (Å²) in [5.41, 5.74) is 7.92. The van der Waals surface area contributed by atoms with Gasteiger partial charge in [-0.2, -0.15) is 0 Å². The number of nitrogens with two attached hydrogens (primary N) is 1. The van der Waals surface area contributed by atoms with Crippen LogP contribution in [0.4, 0.5) is 5.69 Å². The number of amides is 1. The molecule has 1 unspecified atom stereocenters. The Kier molecular flexibility index (Phi) is 16.3. The minimum absolute atomic E-state index is 0. The summed E-state index contributed by atoms with van der Waals surface area (Å²) in [6, 6.07) is 4.77. The second-order valence-electron chi connectivity index (χ2n) is 6.72. The molecule has 1 amide bonds. The van der Waals surface area contributed by atoms with Crippen LogP contribution in [0.2, 0.25) is 0 Å². The zero-order valence-corrected chi connectivity index (χ0v) is 21.1. The number of anilines is 1. The van der Waals surface area contributed by atoms with Crippen molar-refractivity contribution < 1.29 is 62.6 Å². The SMILES string of the molecule is CS(=O)CC[C@H](N)C(=O)O.Cc1ccc(NCC(=O)N(CC(=O)O)CC(=O)O)c(C)c1.[H+].[H+].[Pt]. The first-order valence-corrected chi connectivity index (χ1v) is 10.9. The number of carbonyl (C=O) groups excluding carboxylic acids is 1. The molecule has 2 atom stereocenters. The van der Waals surface area contributed by atoms with Gasteiger partial charge in [0, 0.05) is 49.6 Å². The summed E-state index contributed by atoms with van der Waals surface area (Å²) >= 11 is 0. The minimum atomic E-state index is -1.25. The third-order valence-corrected chi connectivity index (χ3v) is 4.66. The van der Waals surface area contributed by atoms with E-state index >= 15 is 0 Å². The summed E-state index contributed by atoms with van der Waals surface area (Å²) in [5.74, 6) is -3.77. The molecule has 0 fully saturated rings. The average Bonchev–Trinajstić information content (AvgIpc) is 2.64. The quantitative estimate of drug-likeness (QED) is 0.219. The van der Waals surface area contributed by atoms with Gasteiger partial charge in [0.15, 0.2) is 0 Å². The number of carboxylic acid groups (broad SMARTS) is 3. The molecular formula is C19H31N3O8PtS+2. The van der Waals surface area contributed by atoms with Gasteiger partial charge >= 0.3 is 20.8 Å². The van der Waals surface area contributed by atoms with E-state index in [0.717, 1.165) is 21.7 Å². The molecule has 0 aromatic heterocycles. The maximum Gasteiger partial charge on any atom is 1.00 e. The molecule has 0 saturated carbocycles. The van der Waals surface area contributed by atoms with Crippen LogP contribution in [0.5, 0.6) is 0 Å². The maximum atomic E-state index is 11.9. The Morgan fingerprint density at radius 1 is 1.12 bits per heavy atom. The van der Waals surface area contributed by atoms with Gasteiger partial charge in [-0.1, -0.05) is 17.7 Å². The molecule has 0 heterocycles. The van der Waals surface area contributed by atoms with Crippen molar-refractivity contribution in [1.29, 1.82) is 0 Å². The largest absolute Gasteiger partial charge is 1.00 e. The number of carboxylic acids is 3. The van der Waals surface area contributed by atoms with Crippen LogP contribution in [0, 0.1) is 13.8 Å². The van der Waals surface area contributed by atoms with Gasteiger partial charge in [0.2, 0.25) is 5.91 Å². The van der Waals surface area contributed by atoms with Gasteiger partial charge in [-0.25, -0.2) is 0 Å². The predicted molar refractivity (Wildman–Crippen MR) is 118 cm³/mol. The van der Waals surface area contributed by atoms with Crippen molar-refractivity contribution in [1.82, 2.24) is 4.90 Å². The third kappa shape index (κ3) is 14.7. The number of nitrogens with zero attached hydrogens (tertiary/aromatic N) is 1. The smallest absolute Gasteiger partial charge is 0.480 e. The molecule has 0 aliphatic heterocycles. The Bertz CT molecular complexity index is 817. The molecule has 1 rings (SSSR count). The van der Waals surface area contributed by atoms with E-state index in [1.807, 2.05) is 32.0 Å². The van der Waals surface area contributed by atoms with E-state index in [1.54, 1.807) is 0 Å². The zero-order chi connectivity index (χ0) is 24.1. The molecule has 1 aromatic rings. The molecule has 0 aliphatic rings. The van der Waals surface area contributed by atoms with Gasteiger partial charge in [0.1, 0.15) is 19.1 Å². The first kappa shape index (κ1) is 31.9. The Balaban J connectivity index is -0.000000299. The molecule has 0 bridgehead atoms. The van der Waals surface area contributed by atoms with Crippen LogP contribution in [0.1, 0.15) is 20.4 Å². The Morgan fingerprint density at radius 3 is 2.06 bits per heavy atom. The second-order valence-corrected chi connectivity index (χ2v) is 8.27. The molecule has 0 aliphatic carbocycles. The Labute approximate surface area is 206 Å². The first-order valence-electron chi connectivity index (χ1n) is 9.14.